The SMILES string of the molecule is CCc1ccccc1N(CC(=O)N(Cc1c(Cl)cccc1Cl)[C@H](CC)C(=O)NC(C)(C)C)S(C)(=O)=O. The average molecular weight is 557 g/mol. The molecule has 2 rings (SSSR count). The lowest BCUT2D eigenvalue weighted by molar-refractivity contribution is -0.141. The molecular weight excluding hydrogens is 521 g/mol. The zero-order chi connectivity index (χ0) is 27.3. The van der Waals surface area contributed by atoms with Crippen LogP contribution in [0.1, 0.15) is 52.2 Å². The second-order valence-corrected chi connectivity index (χ2v) is 12.4. The summed E-state index contributed by atoms with van der Waals surface area (Å²) in [6, 6.07) is 11.2. The highest BCUT2D eigenvalue weighted by Crippen LogP contribution is 2.28. The van der Waals surface area contributed by atoms with Crippen molar-refractivity contribution in [1.29, 1.82) is 0 Å². The minimum atomic E-state index is -3.82. The molecule has 0 aliphatic heterocycles. The molecule has 7 nitrogen and oxygen atoms in total. The second-order valence-electron chi connectivity index (χ2n) is 9.64. The van der Waals surface area contributed by atoms with E-state index in [9.17, 15) is 18.0 Å². The molecule has 10 heteroatoms. The predicted octanol–water partition coefficient (Wildman–Crippen LogP) is 5.04. The van der Waals surface area contributed by atoms with E-state index in [1.807, 2.05) is 39.8 Å². The van der Waals surface area contributed by atoms with E-state index in [-0.39, 0.29) is 12.5 Å². The molecular formula is C26H35Cl2N3O4S. The normalized spacial score (nSPS) is 12.7. The van der Waals surface area contributed by atoms with Crippen molar-refractivity contribution < 1.29 is 18.0 Å². The lowest BCUT2D eigenvalue weighted by Gasteiger charge is -2.35. The van der Waals surface area contributed by atoms with Crippen LogP contribution in [0, 0.1) is 0 Å². The van der Waals surface area contributed by atoms with Crippen LogP contribution in [0.25, 0.3) is 0 Å². The molecule has 0 bridgehead atoms. The summed E-state index contributed by atoms with van der Waals surface area (Å²) in [5.41, 5.74) is 1.17. The van der Waals surface area contributed by atoms with Crippen molar-refractivity contribution in [1.82, 2.24) is 10.2 Å². The van der Waals surface area contributed by atoms with Crippen molar-refractivity contribution in [2.75, 3.05) is 17.1 Å². The Morgan fingerprint density at radius 3 is 2.08 bits per heavy atom. The van der Waals surface area contributed by atoms with E-state index < -0.39 is 34.1 Å². The molecule has 198 valence electrons. The van der Waals surface area contributed by atoms with Gasteiger partial charge in [-0.2, -0.15) is 0 Å². The molecule has 36 heavy (non-hydrogen) atoms. The number of carbonyl (C=O) groups is 2. The van der Waals surface area contributed by atoms with Crippen molar-refractivity contribution in [2.45, 2.75) is 65.6 Å². The van der Waals surface area contributed by atoms with Gasteiger partial charge in [-0.05, 0) is 57.4 Å². The Kier molecular flexibility index (Phi) is 10.2. The molecule has 0 aliphatic rings. The summed E-state index contributed by atoms with van der Waals surface area (Å²) in [6.45, 7) is 8.72. The Morgan fingerprint density at radius 1 is 1.00 bits per heavy atom. The van der Waals surface area contributed by atoms with E-state index in [0.29, 0.717) is 34.1 Å². The van der Waals surface area contributed by atoms with Crippen LogP contribution >= 0.6 is 23.2 Å². The summed E-state index contributed by atoms with van der Waals surface area (Å²) >= 11 is 12.8. The number of amides is 2. The summed E-state index contributed by atoms with van der Waals surface area (Å²) in [6.07, 6.45) is 1.95. The Morgan fingerprint density at radius 2 is 1.58 bits per heavy atom. The zero-order valence-corrected chi connectivity index (χ0v) is 24.0. The maximum atomic E-state index is 13.8. The average Bonchev–Trinajstić information content (AvgIpc) is 2.77. The van der Waals surface area contributed by atoms with Gasteiger partial charge in [0.15, 0.2) is 0 Å². The fraction of sp³-hybridized carbons (Fsp3) is 0.462. The Bertz CT molecular complexity index is 1180. The number of halogens is 2. The number of anilines is 1. The van der Waals surface area contributed by atoms with E-state index in [0.717, 1.165) is 16.1 Å². The Balaban J connectivity index is 2.56. The third kappa shape index (κ3) is 7.85. The van der Waals surface area contributed by atoms with Gasteiger partial charge in [-0.1, -0.05) is 61.3 Å². The van der Waals surface area contributed by atoms with Crippen LogP contribution in [0.4, 0.5) is 5.69 Å². The van der Waals surface area contributed by atoms with Crippen molar-refractivity contribution in [3.05, 3.63) is 63.6 Å². The molecule has 0 heterocycles. The molecule has 1 N–H and O–H groups in total. The standard InChI is InChI=1S/C26H35Cl2N3O4S/c1-7-18-12-9-10-15-23(18)31(36(6,34)35)17-24(32)30(16-19-20(27)13-11-14-21(19)28)22(8-2)25(33)29-26(3,4)5/h9-15,22H,7-8,16-17H2,1-6H3,(H,29,33)/t22-/m1/s1. The highest BCUT2D eigenvalue weighted by molar-refractivity contribution is 7.92. The third-order valence-corrected chi connectivity index (χ3v) is 7.43. The van der Waals surface area contributed by atoms with Crippen LogP contribution in [0.5, 0.6) is 0 Å². The molecule has 2 amide bonds. The van der Waals surface area contributed by atoms with Crippen molar-refractivity contribution in [3.63, 3.8) is 0 Å². The highest BCUT2D eigenvalue weighted by atomic mass is 35.5. The van der Waals surface area contributed by atoms with Gasteiger partial charge >= 0.3 is 0 Å². The fourth-order valence-electron chi connectivity index (χ4n) is 3.87. The molecule has 0 aromatic heterocycles. The minimum absolute atomic E-state index is 0.0551. The number of nitrogens with zero attached hydrogens (tertiary/aromatic N) is 2. The van der Waals surface area contributed by atoms with Gasteiger partial charge in [-0.3, -0.25) is 13.9 Å². The van der Waals surface area contributed by atoms with Crippen LogP contribution in [-0.2, 0) is 32.6 Å². The number of sulfonamides is 1. The lowest BCUT2D eigenvalue weighted by atomic mass is 10.1. The molecule has 2 aromatic carbocycles. The maximum Gasteiger partial charge on any atom is 0.244 e. The molecule has 0 fully saturated rings. The predicted molar refractivity (Wildman–Crippen MR) is 147 cm³/mol. The number of hydrogen-bond acceptors (Lipinski definition) is 4. The number of benzene rings is 2. The maximum absolute atomic E-state index is 13.8. The number of nitrogens with one attached hydrogen (secondary N) is 1. The lowest BCUT2D eigenvalue weighted by Crippen LogP contribution is -2.55. The number of para-hydroxylation sites is 1. The first-order valence-electron chi connectivity index (χ1n) is 11.8. The summed E-state index contributed by atoms with van der Waals surface area (Å²) in [5, 5.41) is 3.62. The zero-order valence-electron chi connectivity index (χ0n) is 21.6. The summed E-state index contributed by atoms with van der Waals surface area (Å²) in [4.78, 5) is 28.4. The van der Waals surface area contributed by atoms with E-state index in [1.165, 1.54) is 4.90 Å². The second kappa shape index (κ2) is 12.3. The van der Waals surface area contributed by atoms with Crippen LogP contribution in [0.3, 0.4) is 0 Å². The van der Waals surface area contributed by atoms with E-state index >= 15 is 0 Å². The van der Waals surface area contributed by atoms with Gasteiger partial charge in [-0.25, -0.2) is 8.42 Å². The molecule has 0 unspecified atom stereocenters. The van der Waals surface area contributed by atoms with Gasteiger partial charge in [0.05, 0.1) is 11.9 Å². The Labute approximate surface area is 224 Å². The third-order valence-electron chi connectivity index (χ3n) is 5.59. The molecule has 0 saturated heterocycles. The first-order chi connectivity index (χ1) is 16.7. The minimum Gasteiger partial charge on any atom is -0.350 e. The fourth-order valence-corrected chi connectivity index (χ4v) is 5.27. The number of rotatable bonds is 10. The number of carbonyl (C=O) groups excluding carboxylic acids is 2. The van der Waals surface area contributed by atoms with Crippen LogP contribution in [-0.4, -0.2) is 49.5 Å². The van der Waals surface area contributed by atoms with E-state index in [4.69, 9.17) is 23.2 Å². The summed E-state index contributed by atoms with van der Waals surface area (Å²) < 4.78 is 26.7. The molecule has 0 spiro atoms. The molecule has 2 aromatic rings. The van der Waals surface area contributed by atoms with Gasteiger partial charge in [0.2, 0.25) is 21.8 Å². The van der Waals surface area contributed by atoms with Gasteiger partial charge in [0.1, 0.15) is 12.6 Å². The molecule has 1 atom stereocenters. The van der Waals surface area contributed by atoms with Gasteiger partial charge in [0.25, 0.3) is 0 Å². The van der Waals surface area contributed by atoms with Gasteiger partial charge < -0.3 is 10.2 Å². The summed E-state index contributed by atoms with van der Waals surface area (Å²) in [5.74, 6) is -0.889. The van der Waals surface area contributed by atoms with E-state index in [1.54, 1.807) is 37.3 Å². The van der Waals surface area contributed by atoms with E-state index in [2.05, 4.69) is 5.32 Å². The smallest absolute Gasteiger partial charge is 0.244 e. The molecule has 0 radical (unpaired) electrons. The van der Waals surface area contributed by atoms with Crippen molar-refractivity contribution >= 4 is 50.7 Å². The van der Waals surface area contributed by atoms with Crippen molar-refractivity contribution in [2.24, 2.45) is 0 Å². The number of aryl methyl sites for hydroxylation is 1. The first-order valence-corrected chi connectivity index (χ1v) is 14.4. The van der Waals surface area contributed by atoms with Crippen LogP contribution in [0.15, 0.2) is 42.5 Å². The molecule has 0 saturated carbocycles. The van der Waals surface area contributed by atoms with Crippen LogP contribution in [0.2, 0.25) is 10.0 Å². The number of hydrogen-bond donors (Lipinski definition) is 1. The highest BCUT2D eigenvalue weighted by Gasteiger charge is 2.34. The summed E-state index contributed by atoms with van der Waals surface area (Å²) in [7, 11) is -3.82. The first kappa shape index (κ1) is 29.9. The largest absolute Gasteiger partial charge is 0.350 e. The quantitative estimate of drug-likeness (QED) is 0.444. The van der Waals surface area contributed by atoms with Crippen molar-refractivity contribution in [3.8, 4) is 0 Å². The van der Waals surface area contributed by atoms with Gasteiger partial charge in [-0.15, -0.1) is 0 Å². The monoisotopic (exact) mass is 555 g/mol. The Hall–Kier alpha value is -2.29. The van der Waals surface area contributed by atoms with Crippen LogP contribution < -0.4 is 9.62 Å². The molecule has 0 aliphatic carbocycles. The van der Waals surface area contributed by atoms with Gasteiger partial charge in [0, 0.05) is 27.7 Å². The topological polar surface area (TPSA) is 86.8 Å².